The Balaban J connectivity index is 1.22. The second-order valence-electron chi connectivity index (χ2n) is 12.0. The van der Waals surface area contributed by atoms with Gasteiger partial charge in [-0.15, -0.1) is 10.2 Å². The minimum Gasteiger partial charge on any atom is -0.489 e. The van der Waals surface area contributed by atoms with Crippen LogP contribution in [0.1, 0.15) is 54.1 Å². The fourth-order valence-corrected chi connectivity index (χ4v) is 6.49. The van der Waals surface area contributed by atoms with Crippen molar-refractivity contribution in [2.45, 2.75) is 44.8 Å². The van der Waals surface area contributed by atoms with Gasteiger partial charge in [0.15, 0.2) is 0 Å². The highest BCUT2D eigenvalue weighted by atomic mass is 35.5. The average molecular weight is 650 g/mol. The molecule has 0 saturated heterocycles. The number of fused-ring (bicyclic) bond motifs is 1. The molecular formula is C36H33ClFN7O2. The number of benzene rings is 4. The summed E-state index contributed by atoms with van der Waals surface area (Å²) in [6, 6.07) is 24.0. The molecule has 0 radical (unpaired) electrons. The fourth-order valence-electron chi connectivity index (χ4n) is 6.36. The van der Waals surface area contributed by atoms with E-state index in [1.54, 1.807) is 32.3 Å². The van der Waals surface area contributed by atoms with Crippen molar-refractivity contribution >= 4 is 28.5 Å². The number of nitrogens with zero attached hydrogens (tertiary/aromatic N) is 6. The van der Waals surface area contributed by atoms with Gasteiger partial charge in [0.2, 0.25) is 5.82 Å². The number of ether oxygens (including phenoxy) is 1. The molecule has 7 rings (SSSR count). The summed E-state index contributed by atoms with van der Waals surface area (Å²) in [7, 11) is 3.43. The molecule has 0 atom stereocenters. The smallest absolute Gasteiger partial charge is 0.253 e. The van der Waals surface area contributed by atoms with Crippen LogP contribution in [0.3, 0.4) is 0 Å². The maximum atomic E-state index is 16.1. The lowest BCUT2D eigenvalue weighted by Gasteiger charge is -2.25. The Morgan fingerprint density at radius 3 is 2.45 bits per heavy atom. The van der Waals surface area contributed by atoms with Crippen LogP contribution in [0.15, 0.2) is 78.9 Å². The Hall–Kier alpha value is -5.09. The Labute approximate surface area is 276 Å². The van der Waals surface area contributed by atoms with E-state index in [0.717, 1.165) is 59.0 Å². The lowest BCUT2D eigenvalue weighted by molar-refractivity contribution is 0.0827. The van der Waals surface area contributed by atoms with Gasteiger partial charge in [0.05, 0.1) is 16.6 Å². The number of nitrogens with one attached hydrogen (secondary N) is 1. The lowest BCUT2D eigenvalue weighted by atomic mass is 9.94. The summed E-state index contributed by atoms with van der Waals surface area (Å²) >= 11 is 6.13. The first-order valence-electron chi connectivity index (χ1n) is 15.6. The Kier molecular flexibility index (Phi) is 8.43. The van der Waals surface area contributed by atoms with Gasteiger partial charge in [-0.05, 0) is 89.3 Å². The number of hydrogen-bond donors (Lipinski definition) is 1. The molecule has 1 amide bonds. The first-order chi connectivity index (χ1) is 22.9. The number of hydrogen-bond acceptors (Lipinski definition) is 6. The maximum absolute atomic E-state index is 16.1. The zero-order valence-corrected chi connectivity index (χ0v) is 26.8. The van der Waals surface area contributed by atoms with Crippen molar-refractivity contribution in [3.8, 4) is 39.7 Å². The van der Waals surface area contributed by atoms with E-state index in [9.17, 15) is 4.79 Å². The summed E-state index contributed by atoms with van der Waals surface area (Å²) in [5.41, 5.74) is 6.04. The van der Waals surface area contributed by atoms with E-state index < -0.39 is 5.82 Å². The number of amides is 1. The number of H-pyrrole nitrogens is 1. The predicted octanol–water partition coefficient (Wildman–Crippen LogP) is 8.13. The predicted molar refractivity (Wildman–Crippen MR) is 180 cm³/mol. The summed E-state index contributed by atoms with van der Waals surface area (Å²) in [6.07, 6.45) is 5.48. The van der Waals surface area contributed by atoms with Crippen LogP contribution >= 0.6 is 11.6 Å². The first kappa shape index (κ1) is 30.6. The molecule has 4 aromatic carbocycles. The normalized spacial score (nSPS) is 13.6. The second kappa shape index (κ2) is 13.0. The largest absolute Gasteiger partial charge is 0.489 e. The molecule has 1 saturated carbocycles. The van der Waals surface area contributed by atoms with Crippen molar-refractivity contribution in [2.75, 3.05) is 14.1 Å². The molecule has 0 unspecified atom stereocenters. The minimum atomic E-state index is -0.428. The number of rotatable bonds is 8. The van der Waals surface area contributed by atoms with Gasteiger partial charge in [0.25, 0.3) is 5.91 Å². The van der Waals surface area contributed by atoms with Crippen LogP contribution in [0.5, 0.6) is 5.75 Å². The highest BCUT2D eigenvalue weighted by Crippen LogP contribution is 2.38. The molecule has 0 bridgehead atoms. The Bertz CT molecular complexity index is 2050. The van der Waals surface area contributed by atoms with Gasteiger partial charge >= 0.3 is 0 Å². The third-order valence-corrected chi connectivity index (χ3v) is 8.97. The van der Waals surface area contributed by atoms with Crippen LogP contribution in [0.2, 0.25) is 5.02 Å². The van der Waals surface area contributed by atoms with E-state index in [1.807, 2.05) is 54.6 Å². The third-order valence-electron chi connectivity index (χ3n) is 8.72. The Morgan fingerprint density at radius 1 is 0.957 bits per heavy atom. The van der Waals surface area contributed by atoms with E-state index in [0.29, 0.717) is 33.5 Å². The van der Waals surface area contributed by atoms with Gasteiger partial charge in [-0.2, -0.15) is 5.21 Å². The van der Waals surface area contributed by atoms with Crippen LogP contribution < -0.4 is 4.74 Å². The molecule has 238 valence electrons. The topological polar surface area (TPSA) is 102 Å². The molecule has 0 spiro atoms. The highest BCUT2D eigenvalue weighted by Gasteiger charge is 2.25. The van der Waals surface area contributed by atoms with Gasteiger partial charge in [-0.3, -0.25) is 4.79 Å². The van der Waals surface area contributed by atoms with E-state index >= 15 is 4.39 Å². The molecule has 11 heteroatoms. The number of carbonyl (C=O) groups is 1. The van der Waals surface area contributed by atoms with Gasteiger partial charge in [-0.1, -0.05) is 49.1 Å². The lowest BCUT2D eigenvalue weighted by Crippen LogP contribution is -2.21. The van der Waals surface area contributed by atoms with Crippen molar-refractivity contribution in [2.24, 2.45) is 0 Å². The molecule has 1 N–H and O–H groups in total. The zero-order valence-electron chi connectivity index (χ0n) is 26.1. The van der Waals surface area contributed by atoms with E-state index in [-0.39, 0.29) is 18.6 Å². The number of imidazole rings is 1. The monoisotopic (exact) mass is 649 g/mol. The van der Waals surface area contributed by atoms with Crippen LogP contribution in [0.4, 0.5) is 4.39 Å². The van der Waals surface area contributed by atoms with E-state index in [2.05, 4.69) is 25.2 Å². The molecule has 47 heavy (non-hydrogen) atoms. The summed E-state index contributed by atoms with van der Waals surface area (Å²) in [5, 5.41) is 15.0. The zero-order chi connectivity index (χ0) is 32.5. The van der Waals surface area contributed by atoms with Crippen molar-refractivity contribution < 1.29 is 13.9 Å². The summed E-state index contributed by atoms with van der Waals surface area (Å²) in [6.45, 7) is 0.130. The van der Waals surface area contributed by atoms with Gasteiger partial charge in [0, 0.05) is 42.4 Å². The van der Waals surface area contributed by atoms with E-state index in [1.165, 1.54) is 17.4 Å². The van der Waals surface area contributed by atoms with Crippen LogP contribution in [0.25, 0.3) is 44.9 Å². The molecule has 0 aliphatic heterocycles. The molecule has 2 aromatic heterocycles. The summed E-state index contributed by atoms with van der Waals surface area (Å²) in [5.74, 6) is 0.889. The van der Waals surface area contributed by atoms with Crippen molar-refractivity contribution in [1.82, 2.24) is 35.1 Å². The van der Waals surface area contributed by atoms with Crippen LogP contribution in [-0.2, 0) is 6.61 Å². The first-order valence-corrected chi connectivity index (χ1v) is 16.0. The number of carbonyl (C=O) groups excluding carboxylic acids is 1. The van der Waals surface area contributed by atoms with Crippen molar-refractivity contribution in [3.63, 3.8) is 0 Å². The van der Waals surface area contributed by atoms with Crippen molar-refractivity contribution in [1.29, 1.82) is 0 Å². The van der Waals surface area contributed by atoms with E-state index in [4.69, 9.17) is 21.3 Å². The molecular weight excluding hydrogens is 617 g/mol. The highest BCUT2D eigenvalue weighted by molar-refractivity contribution is 6.30. The van der Waals surface area contributed by atoms with Gasteiger partial charge < -0.3 is 14.2 Å². The third kappa shape index (κ3) is 6.20. The number of tetrazole rings is 1. The summed E-state index contributed by atoms with van der Waals surface area (Å²) < 4.78 is 24.4. The number of aromatic amines is 1. The molecule has 1 fully saturated rings. The molecule has 1 aliphatic carbocycles. The van der Waals surface area contributed by atoms with Crippen LogP contribution in [0, 0.1) is 5.82 Å². The fraction of sp³-hybridized carbons (Fsp3) is 0.250. The Morgan fingerprint density at radius 2 is 1.72 bits per heavy atom. The molecule has 2 heterocycles. The number of aromatic nitrogens is 6. The van der Waals surface area contributed by atoms with Gasteiger partial charge in [-0.25, -0.2) is 9.37 Å². The molecule has 1 aliphatic rings. The number of halogens is 2. The molecule has 6 aromatic rings. The quantitative estimate of drug-likeness (QED) is 0.179. The minimum absolute atomic E-state index is 0.116. The standard InChI is InChI=1S/C36H33ClFN7O2/c1-44(2)36(46)24-10-15-29(22-8-12-26(37)13-9-22)25(18-24)21-47-28-14-16-30(31(38)20-28)35-39-32-19-23(34-40-42-43-41-34)11-17-33(32)45(35)27-6-4-3-5-7-27/h8-20,27H,3-7,21H2,1-2H3,(H,40,41,42,43). The maximum Gasteiger partial charge on any atom is 0.253 e. The molecule has 9 nitrogen and oxygen atoms in total. The SMILES string of the molecule is CN(C)C(=O)c1ccc(-c2ccc(Cl)cc2)c(COc2ccc(-c3nc4cc(-c5nn[nH]n5)ccc4n3C3CCCCC3)c(F)c2)c1. The summed E-state index contributed by atoms with van der Waals surface area (Å²) in [4.78, 5) is 19.3. The van der Waals surface area contributed by atoms with Crippen molar-refractivity contribution in [3.05, 3.63) is 101 Å². The average Bonchev–Trinajstić information content (AvgIpc) is 3.76. The van der Waals surface area contributed by atoms with Gasteiger partial charge in [0.1, 0.15) is 24.0 Å². The van der Waals surface area contributed by atoms with Crippen LogP contribution in [-0.4, -0.2) is 55.1 Å². The second-order valence-corrected chi connectivity index (χ2v) is 12.5.